The van der Waals surface area contributed by atoms with Crippen LogP contribution in [0.15, 0.2) is 0 Å². The lowest BCUT2D eigenvalue weighted by molar-refractivity contribution is -0.153. The SMILES string of the molecule is Cc1nn(C)c(C)c1C(C)C(=O)N1CCC(C)CC1C(=O)O. The Balaban J connectivity index is 2.27. The molecule has 22 heavy (non-hydrogen) atoms. The molecule has 1 aromatic rings. The molecule has 1 saturated heterocycles. The zero-order chi connectivity index (χ0) is 16.6. The molecule has 0 aliphatic carbocycles. The van der Waals surface area contributed by atoms with Gasteiger partial charge in [-0.2, -0.15) is 5.10 Å². The van der Waals surface area contributed by atoms with Gasteiger partial charge in [0.1, 0.15) is 6.04 Å². The van der Waals surface area contributed by atoms with Crippen molar-refractivity contribution >= 4 is 11.9 Å². The van der Waals surface area contributed by atoms with Crippen LogP contribution in [0.1, 0.15) is 49.6 Å². The lowest BCUT2D eigenvalue weighted by Crippen LogP contribution is -2.51. The van der Waals surface area contributed by atoms with Crippen molar-refractivity contribution in [3.05, 3.63) is 17.0 Å². The van der Waals surface area contributed by atoms with Crippen LogP contribution in [-0.2, 0) is 16.6 Å². The van der Waals surface area contributed by atoms with Gasteiger partial charge in [0.2, 0.25) is 5.91 Å². The molecule has 0 radical (unpaired) electrons. The average molecular weight is 307 g/mol. The van der Waals surface area contributed by atoms with Crippen molar-refractivity contribution in [3.8, 4) is 0 Å². The maximum Gasteiger partial charge on any atom is 0.326 e. The molecule has 0 spiro atoms. The molecule has 3 unspecified atom stereocenters. The summed E-state index contributed by atoms with van der Waals surface area (Å²) >= 11 is 0. The van der Waals surface area contributed by atoms with E-state index in [4.69, 9.17) is 0 Å². The van der Waals surface area contributed by atoms with E-state index in [1.165, 1.54) is 0 Å². The van der Waals surface area contributed by atoms with Crippen LogP contribution in [0.3, 0.4) is 0 Å². The third-order valence-corrected chi connectivity index (χ3v) is 4.80. The van der Waals surface area contributed by atoms with E-state index < -0.39 is 12.0 Å². The Morgan fingerprint density at radius 2 is 2.00 bits per heavy atom. The molecule has 3 atom stereocenters. The Kier molecular flexibility index (Phi) is 4.58. The zero-order valence-corrected chi connectivity index (χ0v) is 14.0. The smallest absolute Gasteiger partial charge is 0.326 e. The van der Waals surface area contributed by atoms with Crippen molar-refractivity contribution in [2.24, 2.45) is 13.0 Å². The summed E-state index contributed by atoms with van der Waals surface area (Å²) in [7, 11) is 1.85. The summed E-state index contributed by atoms with van der Waals surface area (Å²) in [4.78, 5) is 25.9. The summed E-state index contributed by atoms with van der Waals surface area (Å²) < 4.78 is 1.77. The molecule has 1 aliphatic rings. The fraction of sp³-hybridized carbons (Fsp3) is 0.688. The van der Waals surface area contributed by atoms with Gasteiger partial charge in [-0.25, -0.2) is 4.79 Å². The molecule has 2 rings (SSSR count). The fourth-order valence-corrected chi connectivity index (χ4v) is 3.43. The Hall–Kier alpha value is -1.85. The minimum absolute atomic E-state index is 0.112. The molecule has 0 bridgehead atoms. The minimum Gasteiger partial charge on any atom is -0.480 e. The predicted octanol–water partition coefficient (Wildman–Crippen LogP) is 1.85. The van der Waals surface area contributed by atoms with Gasteiger partial charge in [-0.1, -0.05) is 6.92 Å². The summed E-state index contributed by atoms with van der Waals surface area (Å²) in [5.41, 5.74) is 2.70. The standard InChI is InChI=1S/C16H25N3O3/c1-9-6-7-19(13(8-9)16(21)22)15(20)10(2)14-11(3)17-18(5)12(14)4/h9-10,13H,6-8H2,1-5H3,(H,21,22). The number of piperidine rings is 1. The van der Waals surface area contributed by atoms with Crippen molar-refractivity contribution < 1.29 is 14.7 Å². The lowest BCUT2D eigenvalue weighted by atomic mass is 9.90. The summed E-state index contributed by atoms with van der Waals surface area (Å²) in [6.45, 7) is 8.22. The summed E-state index contributed by atoms with van der Waals surface area (Å²) in [5, 5.41) is 13.8. The van der Waals surface area contributed by atoms with Crippen LogP contribution in [0.25, 0.3) is 0 Å². The highest BCUT2D eigenvalue weighted by atomic mass is 16.4. The summed E-state index contributed by atoms with van der Waals surface area (Å²) in [6.07, 6.45) is 1.38. The third-order valence-electron chi connectivity index (χ3n) is 4.80. The molecule has 1 aliphatic heterocycles. The maximum atomic E-state index is 12.9. The number of nitrogens with zero attached hydrogens (tertiary/aromatic N) is 3. The van der Waals surface area contributed by atoms with Crippen molar-refractivity contribution in [2.45, 2.75) is 52.5 Å². The Labute approximate surface area is 131 Å². The number of hydrogen-bond donors (Lipinski definition) is 1. The molecule has 6 nitrogen and oxygen atoms in total. The van der Waals surface area contributed by atoms with Gasteiger partial charge in [-0.15, -0.1) is 0 Å². The van der Waals surface area contributed by atoms with Gasteiger partial charge in [0.25, 0.3) is 0 Å². The topological polar surface area (TPSA) is 75.4 Å². The first-order valence-corrected chi connectivity index (χ1v) is 7.77. The van der Waals surface area contributed by atoms with Crippen LogP contribution >= 0.6 is 0 Å². The number of aromatic nitrogens is 2. The van der Waals surface area contributed by atoms with E-state index in [0.717, 1.165) is 23.4 Å². The Bertz CT molecular complexity index is 594. The van der Waals surface area contributed by atoms with E-state index in [-0.39, 0.29) is 11.8 Å². The summed E-state index contributed by atoms with van der Waals surface area (Å²) in [5.74, 6) is -1.06. The van der Waals surface area contributed by atoms with Gasteiger partial charge in [-0.05, 0) is 39.5 Å². The second-order valence-corrected chi connectivity index (χ2v) is 6.45. The minimum atomic E-state index is -0.910. The van der Waals surface area contributed by atoms with E-state index >= 15 is 0 Å². The first kappa shape index (κ1) is 16.5. The number of aryl methyl sites for hydroxylation is 2. The average Bonchev–Trinajstić information content (AvgIpc) is 2.70. The number of hydrogen-bond acceptors (Lipinski definition) is 3. The Morgan fingerprint density at radius 3 is 2.50 bits per heavy atom. The molecule has 1 fully saturated rings. The van der Waals surface area contributed by atoms with Crippen LogP contribution in [0.4, 0.5) is 0 Å². The van der Waals surface area contributed by atoms with E-state index in [1.807, 2.05) is 34.7 Å². The van der Waals surface area contributed by atoms with Gasteiger partial charge >= 0.3 is 5.97 Å². The molecule has 6 heteroatoms. The van der Waals surface area contributed by atoms with E-state index in [2.05, 4.69) is 5.10 Å². The fourth-order valence-electron chi connectivity index (χ4n) is 3.43. The van der Waals surface area contributed by atoms with Crippen molar-refractivity contribution in [3.63, 3.8) is 0 Å². The van der Waals surface area contributed by atoms with Gasteiger partial charge in [-0.3, -0.25) is 9.48 Å². The first-order valence-electron chi connectivity index (χ1n) is 7.77. The molecular weight excluding hydrogens is 282 g/mol. The number of carbonyl (C=O) groups excluding carboxylic acids is 1. The number of carbonyl (C=O) groups is 2. The molecule has 1 aromatic heterocycles. The van der Waals surface area contributed by atoms with E-state index in [1.54, 1.807) is 9.58 Å². The molecule has 0 aromatic carbocycles. The molecule has 1 amide bonds. The lowest BCUT2D eigenvalue weighted by Gasteiger charge is -2.37. The highest BCUT2D eigenvalue weighted by Crippen LogP contribution is 2.29. The van der Waals surface area contributed by atoms with Gasteiger partial charge in [0, 0.05) is 24.8 Å². The molecule has 122 valence electrons. The second kappa shape index (κ2) is 6.10. The second-order valence-electron chi connectivity index (χ2n) is 6.45. The Morgan fingerprint density at radius 1 is 1.36 bits per heavy atom. The van der Waals surface area contributed by atoms with Crippen LogP contribution in [0.5, 0.6) is 0 Å². The number of rotatable bonds is 3. The molecular formula is C16H25N3O3. The van der Waals surface area contributed by atoms with Crippen LogP contribution in [0, 0.1) is 19.8 Å². The first-order chi connectivity index (χ1) is 10.2. The third kappa shape index (κ3) is 2.87. The van der Waals surface area contributed by atoms with E-state index in [0.29, 0.717) is 18.9 Å². The van der Waals surface area contributed by atoms with Gasteiger partial charge < -0.3 is 10.0 Å². The largest absolute Gasteiger partial charge is 0.480 e. The normalized spacial score (nSPS) is 23.4. The number of carboxylic acid groups (broad SMARTS) is 1. The van der Waals surface area contributed by atoms with Crippen LogP contribution in [0.2, 0.25) is 0 Å². The van der Waals surface area contributed by atoms with Crippen molar-refractivity contribution in [1.82, 2.24) is 14.7 Å². The van der Waals surface area contributed by atoms with E-state index in [9.17, 15) is 14.7 Å². The molecule has 0 saturated carbocycles. The number of likely N-dealkylation sites (tertiary alicyclic amines) is 1. The predicted molar refractivity (Wildman–Crippen MR) is 82.6 cm³/mol. The number of aliphatic carboxylic acids is 1. The monoisotopic (exact) mass is 307 g/mol. The number of amides is 1. The van der Waals surface area contributed by atoms with Gasteiger partial charge in [0.05, 0.1) is 11.6 Å². The molecule has 2 heterocycles. The van der Waals surface area contributed by atoms with Crippen LogP contribution in [-0.4, -0.2) is 44.3 Å². The van der Waals surface area contributed by atoms with Crippen LogP contribution < -0.4 is 0 Å². The maximum absolute atomic E-state index is 12.9. The van der Waals surface area contributed by atoms with Crippen molar-refractivity contribution in [2.75, 3.05) is 6.54 Å². The van der Waals surface area contributed by atoms with Gasteiger partial charge in [0.15, 0.2) is 0 Å². The number of carboxylic acids is 1. The zero-order valence-electron chi connectivity index (χ0n) is 14.0. The van der Waals surface area contributed by atoms with Crippen molar-refractivity contribution in [1.29, 1.82) is 0 Å². The summed E-state index contributed by atoms with van der Waals surface area (Å²) in [6, 6.07) is -0.712. The highest BCUT2D eigenvalue weighted by molar-refractivity contribution is 5.88. The molecule has 1 N–H and O–H groups in total. The highest BCUT2D eigenvalue weighted by Gasteiger charge is 2.37. The quantitative estimate of drug-likeness (QED) is 0.924.